The van der Waals surface area contributed by atoms with Crippen molar-refractivity contribution in [3.05, 3.63) is 28.2 Å². The Morgan fingerprint density at radius 2 is 1.52 bits per heavy atom. The molecule has 2 nitrogen and oxygen atoms in total. The van der Waals surface area contributed by atoms with Gasteiger partial charge < -0.3 is 10.5 Å². The number of alkyl halides is 8. The Labute approximate surface area is 121 Å². The van der Waals surface area contributed by atoms with Gasteiger partial charge in [-0.1, -0.05) is 15.9 Å². The van der Waals surface area contributed by atoms with Gasteiger partial charge in [-0.15, -0.1) is 13.2 Å². The zero-order chi connectivity index (χ0) is 16.6. The lowest BCUT2D eigenvalue weighted by atomic mass is 10.00. The monoisotopic (exact) mass is 387 g/mol. The van der Waals surface area contributed by atoms with E-state index < -0.39 is 35.8 Å². The molecular formula is C10H6BrF8NO. The third-order valence-electron chi connectivity index (χ3n) is 2.30. The number of benzene rings is 1. The van der Waals surface area contributed by atoms with Crippen molar-refractivity contribution in [3.8, 4) is 5.75 Å². The second-order valence-corrected chi connectivity index (χ2v) is 4.74. The van der Waals surface area contributed by atoms with E-state index in [1.54, 1.807) is 0 Å². The second kappa shape index (κ2) is 5.59. The molecule has 0 aliphatic carbocycles. The lowest BCUT2D eigenvalue weighted by Gasteiger charge is -2.27. The third kappa shape index (κ3) is 4.19. The lowest BCUT2D eigenvalue weighted by Crippen LogP contribution is -2.46. The normalized spacial score (nSPS) is 15.0. The molecule has 0 radical (unpaired) electrons. The van der Waals surface area contributed by atoms with Crippen LogP contribution in [0.15, 0.2) is 22.7 Å². The highest BCUT2D eigenvalue weighted by molar-refractivity contribution is 9.10. The van der Waals surface area contributed by atoms with Gasteiger partial charge in [-0.2, -0.15) is 22.0 Å². The van der Waals surface area contributed by atoms with Crippen LogP contribution in [0.3, 0.4) is 0 Å². The lowest BCUT2D eigenvalue weighted by molar-refractivity contribution is -0.292. The number of halogens is 9. The standard InChI is InChI=1S/C10H6BrF8NO/c11-4-1-2-6(21-10(17,18)19)5(3-4)7(20)8(12,13)9(14,15)16/h1-3,7H,20H2/t7-/m0/s1. The van der Waals surface area contributed by atoms with Crippen molar-refractivity contribution in [2.24, 2.45) is 5.73 Å². The van der Waals surface area contributed by atoms with Gasteiger partial charge in [-0.25, -0.2) is 0 Å². The summed E-state index contributed by atoms with van der Waals surface area (Å²) in [6.45, 7) is 0. The Morgan fingerprint density at radius 3 is 1.95 bits per heavy atom. The highest BCUT2D eigenvalue weighted by Gasteiger charge is 2.62. The largest absolute Gasteiger partial charge is 0.573 e. The maximum absolute atomic E-state index is 13.2. The summed E-state index contributed by atoms with van der Waals surface area (Å²) in [6, 6.07) is -0.902. The first-order valence-corrected chi connectivity index (χ1v) is 5.80. The molecule has 1 atom stereocenters. The van der Waals surface area contributed by atoms with E-state index in [0.29, 0.717) is 12.1 Å². The van der Waals surface area contributed by atoms with Gasteiger partial charge in [0.15, 0.2) is 0 Å². The summed E-state index contributed by atoms with van der Waals surface area (Å²) in [6.07, 6.45) is -11.3. The van der Waals surface area contributed by atoms with Crippen LogP contribution in [0.5, 0.6) is 5.75 Å². The van der Waals surface area contributed by atoms with Crippen LogP contribution in [0.4, 0.5) is 35.1 Å². The zero-order valence-corrected chi connectivity index (χ0v) is 11.3. The molecule has 2 N–H and O–H groups in total. The van der Waals surface area contributed by atoms with Gasteiger partial charge >= 0.3 is 18.5 Å². The first-order chi connectivity index (χ1) is 9.25. The first kappa shape index (κ1) is 18.0. The predicted molar refractivity (Wildman–Crippen MR) is 58.8 cm³/mol. The molecule has 0 aliphatic heterocycles. The van der Waals surface area contributed by atoms with Gasteiger partial charge in [0.1, 0.15) is 11.8 Å². The minimum Gasteiger partial charge on any atom is -0.405 e. The molecule has 0 spiro atoms. The van der Waals surface area contributed by atoms with Gasteiger partial charge in [0.25, 0.3) is 0 Å². The molecule has 11 heteroatoms. The number of nitrogens with two attached hydrogens (primary N) is 1. The first-order valence-electron chi connectivity index (χ1n) is 5.01. The highest BCUT2D eigenvalue weighted by atomic mass is 79.9. The van der Waals surface area contributed by atoms with Gasteiger partial charge in [0.05, 0.1) is 0 Å². The molecule has 120 valence electrons. The minimum atomic E-state index is -6.02. The van der Waals surface area contributed by atoms with E-state index >= 15 is 0 Å². The maximum Gasteiger partial charge on any atom is 0.573 e. The molecule has 0 amide bonds. The molecule has 0 heterocycles. The van der Waals surface area contributed by atoms with Gasteiger partial charge in [0, 0.05) is 10.0 Å². The Hall–Kier alpha value is -1.10. The molecule has 21 heavy (non-hydrogen) atoms. The summed E-state index contributed by atoms with van der Waals surface area (Å²) in [5.74, 6) is -6.67. The topological polar surface area (TPSA) is 35.2 Å². The van der Waals surface area contributed by atoms with Crippen LogP contribution < -0.4 is 10.5 Å². The van der Waals surface area contributed by atoms with Crippen LogP contribution in [0, 0.1) is 0 Å². The summed E-state index contributed by atoms with van der Waals surface area (Å²) in [5.41, 5.74) is 3.67. The molecule has 0 fully saturated rings. The Kier molecular flexibility index (Phi) is 4.78. The van der Waals surface area contributed by atoms with Crippen molar-refractivity contribution >= 4 is 15.9 Å². The molecule has 1 aromatic carbocycles. The van der Waals surface area contributed by atoms with E-state index in [-0.39, 0.29) is 4.47 Å². The Balaban J connectivity index is 3.31. The molecule has 1 aromatic rings. The van der Waals surface area contributed by atoms with Crippen molar-refractivity contribution in [2.45, 2.75) is 24.5 Å². The Morgan fingerprint density at radius 1 is 1.00 bits per heavy atom. The van der Waals surface area contributed by atoms with E-state index in [4.69, 9.17) is 5.73 Å². The van der Waals surface area contributed by atoms with E-state index in [9.17, 15) is 35.1 Å². The average molecular weight is 388 g/mol. The van der Waals surface area contributed by atoms with Crippen LogP contribution in [-0.2, 0) is 0 Å². The quantitative estimate of drug-likeness (QED) is 0.772. The van der Waals surface area contributed by atoms with Crippen molar-refractivity contribution < 1.29 is 39.9 Å². The molecule has 0 saturated heterocycles. The van der Waals surface area contributed by atoms with Crippen molar-refractivity contribution in [1.29, 1.82) is 0 Å². The summed E-state index contributed by atoms with van der Waals surface area (Å²) < 4.78 is 103. The van der Waals surface area contributed by atoms with E-state index in [1.807, 2.05) is 0 Å². The van der Waals surface area contributed by atoms with E-state index in [1.165, 1.54) is 0 Å². The molecule has 0 aliphatic rings. The molecule has 1 rings (SSSR count). The average Bonchev–Trinajstić information content (AvgIpc) is 2.27. The number of hydrogen-bond acceptors (Lipinski definition) is 2. The maximum atomic E-state index is 13.2. The molecule has 0 bridgehead atoms. The van der Waals surface area contributed by atoms with Gasteiger partial charge in [0.2, 0.25) is 0 Å². The van der Waals surface area contributed by atoms with Crippen LogP contribution in [0.2, 0.25) is 0 Å². The van der Waals surface area contributed by atoms with Crippen LogP contribution in [-0.4, -0.2) is 18.5 Å². The molecular weight excluding hydrogens is 382 g/mol. The summed E-state index contributed by atoms with van der Waals surface area (Å²) in [7, 11) is 0. The van der Waals surface area contributed by atoms with E-state index in [2.05, 4.69) is 20.7 Å². The van der Waals surface area contributed by atoms with E-state index in [0.717, 1.165) is 6.07 Å². The van der Waals surface area contributed by atoms with Crippen LogP contribution >= 0.6 is 15.9 Å². The molecule has 0 saturated carbocycles. The van der Waals surface area contributed by atoms with Crippen LogP contribution in [0.25, 0.3) is 0 Å². The minimum absolute atomic E-state index is 0.0413. The predicted octanol–water partition coefficient (Wildman–Crippen LogP) is 4.55. The SMILES string of the molecule is N[C@@H](c1cc(Br)ccc1OC(F)(F)F)C(F)(F)C(F)(F)F. The number of hydrogen-bond donors (Lipinski definition) is 1. The van der Waals surface area contributed by atoms with Gasteiger partial charge in [-0.3, -0.25) is 0 Å². The zero-order valence-electron chi connectivity index (χ0n) is 9.70. The van der Waals surface area contributed by atoms with Gasteiger partial charge in [-0.05, 0) is 18.2 Å². The Bertz CT molecular complexity index is 513. The fourth-order valence-corrected chi connectivity index (χ4v) is 1.73. The molecule has 0 aromatic heterocycles. The summed E-state index contributed by atoms with van der Waals surface area (Å²) >= 11 is 2.74. The summed E-state index contributed by atoms with van der Waals surface area (Å²) in [4.78, 5) is 0. The third-order valence-corrected chi connectivity index (χ3v) is 2.79. The summed E-state index contributed by atoms with van der Waals surface area (Å²) in [5, 5.41) is 0. The highest BCUT2D eigenvalue weighted by Crippen LogP contribution is 2.46. The number of ether oxygens (including phenoxy) is 1. The van der Waals surface area contributed by atoms with Crippen molar-refractivity contribution in [3.63, 3.8) is 0 Å². The van der Waals surface area contributed by atoms with Crippen molar-refractivity contribution in [1.82, 2.24) is 0 Å². The number of rotatable bonds is 3. The van der Waals surface area contributed by atoms with Crippen molar-refractivity contribution in [2.75, 3.05) is 0 Å². The fraction of sp³-hybridized carbons (Fsp3) is 0.400. The van der Waals surface area contributed by atoms with Crippen LogP contribution in [0.1, 0.15) is 11.6 Å². The molecule has 0 unspecified atom stereocenters. The fourth-order valence-electron chi connectivity index (χ4n) is 1.35. The second-order valence-electron chi connectivity index (χ2n) is 3.83. The smallest absolute Gasteiger partial charge is 0.405 e.